The second kappa shape index (κ2) is 4.49. The van der Waals surface area contributed by atoms with Crippen molar-refractivity contribution >= 4 is 5.91 Å². The minimum Gasteiger partial charge on any atom is -0.351 e. The second-order valence-electron chi connectivity index (χ2n) is 5.12. The van der Waals surface area contributed by atoms with Crippen LogP contribution >= 0.6 is 0 Å². The Hall–Kier alpha value is -1.36. The fourth-order valence-corrected chi connectivity index (χ4v) is 2.41. The van der Waals surface area contributed by atoms with E-state index in [1.165, 1.54) is 0 Å². The number of aryl methyl sites for hydroxylation is 1. The molecule has 17 heavy (non-hydrogen) atoms. The molecule has 0 aliphatic heterocycles. The van der Waals surface area contributed by atoms with Gasteiger partial charge in [-0.25, -0.2) is 0 Å². The third-order valence-corrected chi connectivity index (χ3v) is 3.92. The molecular weight excluding hydrogens is 216 g/mol. The van der Waals surface area contributed by atoms with E-state index in [0.29, 0.717) is 6.54 Å². The molecule has 94 valence electrons. The van der Waals surface area contributed by atoms with Gasteiger partial charge in [-0.3, -0.25) is 9.89 Å². The summed E-state index contributed by atoms with van der Waals surface area (Å²) in [5.74, 6) is 0.0584. The van der Waals surface area contributed by atoms with Gasteiger partial charge in [-0.05, 0) is 26.7 Å². The van der Waals surface area contributed by atoms with Gasteiger partial charge in [-0.15, -0.1) is 0 Å². The minimum absolute atomic E-state index is 0.0204. The number of aromatic nitrogens is 2. The van der Waals surface area contributed by atoms with Gasteiger partial charge in [0, 0.05) is 23.8 Å². The third kappa shape index (κ3) is 2.20. The molecule has 0 bridgehead atoms. The Morgan fingerprint density at radius 2 is 2.53 bits per heavy atom. The highest BCUT2D eigenvalue weighted by atomic mass is 16.2. The molecule has 1 aromatic rings. The van der Waals surface area contributed by atoms with Crippen molar-refractivity contribution in [3.8, 4) is 0 Å². The van der Waals surface area contributed by atoms with Crippen LogP contribution in [0.4, 0.5) is 0 Å². The molecule has 2 unspecified atom stereocenters. The summed E-state index contributed by atoms with van der Waals surface area (Å²) in [5, 5.41) is 9.74. The smallest absolute Gasteiger partial charge is 0.227 e. The van der Waals surface area contributed by atoms with Gasteiger partial charge >= 0.3 is 0 Å². The molecule has 2 atom stereocenters. The summed E-state index contributed by atoms with van der Waals surface area (Å²) in [5.41, 5.74) is 7.62. The minimum atomic E-state index is -0.405. The van der Waals surface area contributed by atoms with E-state index in [9.17, 15) is 4.79 Å². The normalized spacial score (nSPS) is 28.3. The molecule has 5 nitrogen and oxygen atoms in total. The van der Waals surface area contributed by atoms with Gasteiger partial charge in [0.05, 0.1) is 11.6 Å². The van der Waals surface area contributed by atoms with Gasteiger partial charge in [0.25, 0.3) is 0 Å². The quantitative estimate of drug-likeness (QED) is 0.727. The average molecular weight is 236 g/mol. The Kier molecular flexibility index (Phi) is 3.19. The molecule has 2 rings (SSSR count). The van der Waals surface area contributed by atoms with Crippen molar-refractivity contribution in [3.63, 3.8) is 0 Å². The largest absolute Gasteiger partial charge is 0.351 e. The predicted octanol–water partition coefficient (Wildman–Crippen LogP) is 0.852. The van der Waals surface area contributed by atoms with Gasteiger partial charge in [-0.1, -0.05) is 6.42 Å². The maximum Gasteiger partial charge on any atom is 0.227 e. The molecule has 1 aliphatic rings. The molecule has 5 heteroatoms. The topological polar surface area (TPSA) is 83.8 Å². The highest BCUT2D eigenvalue weighted by Gasteiger charge is 2.42. The molecule has 0 radical (unpaired) electrons. The van der Waals surface area contributed by atoms with E-state index in [0.717, 1.165) is 30.5 Å². The standard InChI is InChI=1S/C12H20N4O/c1-8-9(7-15-16-8)6-14-11(17)12(2)5-3-4-10(12)13/h7,10H,3-6,13H2,1-2H3,(H,14,17)(H,15,16). The van der Waals surface area contributed by atoms with Crippen molar-refractivity contribution in [1.82, 2.24) is 15.5 Å². The van der Waals surface area contributed by atoms with E-state index >= 15 is 0 Å². The number of nitrogens with two attached hydrogens (primary N) is 1. The Bertz CT molecular complexity index is 414. The van der Waals surface area contributed by atoms with Crippen molar-refractivity contribution in [2.24, 2.45) is 11.1 Å². The summed E-state index contributed by atoms with van der Waals surface area (Å²) in [6.45, 7) is 4.42. The second-order valence-corrected chi connectivity index (χ2v) is 5.12. The zero-order chi connectivity index (χ0) is 12.5. The number of amides is 1. The van der Waals surface area contributed by atoms with Crippen LogP contribution in [0.3, 0.4) is 0 Å². The lowest BCUT2D eigenvalue weighted by molar-refractivity contribution is -0.130. The van der Waals surface area contributed by atoms with Crippen LogP contribution in [0.1, 0.15) is 37.4 Å². The summed E-state index contributed by atoms with van der Waals surface area (Å²) in [6, 6.07) is -0.0204. The first-order valence-electron chi connectivity index (χ1n) is 6.07. The molecule has 1 fully saturated rings. The van der Waals surface area contributed by atoms with Gasteiger partial charge in [0.15, 0.2) is 0 Å². The van der Waals surface area contributed by atoms with Crippen LogP contribution in [0.15, 0.2) is 6.20 Å². The monoisotopic (exact) mass is 236 g/mol. The van der Waals surface area contributed by atoms with Crippen molar-refractivity contribution in [2.75, 3.05) is 0 Å². The van der Waals surface area contributed by atoms with Crippen LogP contribution < -0.4 is 11.1 Å². The number of nitrogens with zero attached hydrogens (tertiary/aromatic N) is 1. The summed E-state index contributed by atoms with van der Waals surface area (Å²) in [6.07, 6.45) is 4.60. The average Bonchev–Trinajstić information content (AvgIpc) is 2.84. The molecule has 0 aromatic carbocycles. The molecule has 1 saturated carbocycles. The molecule has 1 aromatic heterocycles. The van der Waals surface area contributed by atoms with Crippen LogP contribution in [-0.4, -0.2) is 22.1 Å². The Balaban J connectivity index is 1.96. The van der Waals surface area contributed by atoms with Gasteiger partial charge < -0.3 is 11.1 Å². The molecule has 0 spiro atoms. The predicted molar refractivity (Wildman–Crippen MR) is 65.1 cm³/mol. The fraction of sp³-hybridized carbons (Fsp3) is 0.667. The Morgan fingerprint density at radius 3 is 3.06 bits per heavy atom. The molecule has 1 heterocycles. The molecule has 0 saturated heterocycles. The van der Waals surface area contributed by atoms with E-state index in [1.54, 1.807) is 6.20 Å². The first-order valence-corrected chi connectivity index (χ1v) is 6.07. The molecule has 4 N–H and O–H groups in total. The summed E-state index contributed by atoms with van der Waals surface area (Å²) in [4.78, 5) is 12.2. The molecule has 1 amide bonds. The number of carbonyl (C=O) groups excluding carboxylic acids is 1. The van der Waals surface area contributed by atoms with Crippen LogP contribution in [0.5, 0.6) is 0 Å². The van der Waals surface area contributed by atoms with E-state index in [4.69, 9.17) is 5.73 Å². The summed E-state index contributed by atoms with van der Waals surface area (Å²) >= 11 is 0. The maximum atomic E-state index is 12.2. The first kappa shape index (κ1) is 12.1. The number of hydrogen-bond donors (Lipinski definition) is 3. The number of hydrogen-bond acceptors (Lipinski definition) is 3. The maximum absolute atomic E-state index is 12.2. The zero-order valence-electron chi connectivity index (χ0n) is 10.4. The Morgan fingerprint density at radius 1 is 1.76 bits per heavy atom. The van der Waals surface area contributed by atoms with Crippen molar-refractivity contribution in [2.45, 2.75) is 45.7 Å². The summed E-state index contributed by atoms with van der Waals surface area (Å²) in [7, 11) is 0. The SMILES string of the molecule is Cc1[nH]ncc1CNC(=O)C1(C)CCCC1N. The lowest BCUT2D eigenvalue weighted by atomic mass is 9.84. The highest BCUT2D eigenvalue weighted by molar-refractivity contribution is 5.83. The van der Waals surface area contributed by atoms with Crippen molar-refractivity contribution in [3.05, 3.63) is 17.5 Å². The zero-order valence-corrected chi connectivity index (χ0v) is 10.4. The van der Waals surface area contributed by atoms with Crippen LogP contribution in [0, 0.1) is 12.3 Å². The number of nitrogens with one attached hydrogen (secondary N) is 2. The van der Waals surface area contributed by atoms with Gasteiger partial charge in [0.2, 0.25) is 5.91 Å². The summed E-state index contributed by atoms with van der Waals surface area (Å²) < 4.78 is 0. The van der Waals surface area contributed by atoms with Gasteiger partial charge in [-0.2, -0.15) is 5.10 Å². The lowest BCUT2D eigenvalue weighted by Crippen LogP contribution is -2.47. The number of carbonyl (C=O) groups is 1. The molecular formula is C12H20N4O. The van der Waals surface area contributed by atoms with Crippen LogP contribution in [-0.2, 0) is 11.3 Å². The van der Waals surface area contributed by atoms with E-state index in [1.807, 2.05) is 13.8 Å². The van der Waals surface area contributed by atoms with Crippen LogP contribution in [0.2, 0.25) is 0 Å². The number of aromatic amines is 1. The van der Waals surface area contributed by atoms with Gasteiger partial charge in [0.1, 0.15) is 0 Å². The van der Waals surface area contributed by atoms with Crippen molar-refractivity contribution < 1.29 is 4.79 Å². The Labute approximate surface area is 101 Å². The first-order chi connectivity index (χ1) is 8.04. The van der Waals surface area contributed by atoms with E-state index in [-0.39, 0.29) is 11.9 Å². The lowest BCUT2D eigenvalue weighted by Gasteiger charge is -2.27. The number of H-pyrrole nitrogens is 1. The van der Waals surface area contributed by atoms with E-state index in [2.05, 4.69) is 15.5 Å². The van der Waals surface area contributed by atoms with E-state index < -0.39 is 5.41 Å². The fourth-order valence-electron chi connectivity index (χ4n) is 2.41. The highest BCUT2D eigenvalue weighted by Crippen LogP contribution is 2.36. The van der Waals surface area contributed by atoms with Crippen molar-refractivity contribution in [1.29, 1.82) is 0 Å². The number of rotatable bonds is 3. The molecule has 1 aliphatic carbocycles. The van der Waals surface area contributed by atoms with Crippen LogP contribution in [0.25, 0.3) is 0 Å². The third-order valence-electron chi connectivity index (χ3n) is 3.92.